The maximum atomic E-state index is 12.2. The zero-order valence-electron chi connectivity index (χ0n) is 16.7. The lowest BCUT2D eigenvalue weighted by molar-refractivity contribution is -0.394. The fourth-order valence-electron chi connectivity index (χ4n) is 2.42. The van der Waals surface area contributed by atoms with Crippen LogP contribution in [0.1, 0.15) is 15.9 Å². The SMILES string of the molecule is COc1ccc(C(=O)NCC(=O)NN=Cc2cc([N+](=O)[O-])cc([N+](=O)[O-])c2O)cc1OC. The molecule has 14 heteroatoms. The number of hydrogen-bond acceptors (Lipinski definition) is 10. The Kier molecular flexibility index (Phi) is 7.60. The summed E-state index contributed by atoms with van der Waals surface area (Å²) in [5.41, 5.74) is 0.322. The smallest absolute Gasteiger partial charge is 0.318 e. The first-order valence-electron chi connectivity index (χ1n) is 8.65. The Morgan fingerprint density at radius 2 is 1.78 bits per heavy atom. The van der Waals surface area contributed by atoms with Crippen molar-refractivity contribution in [1.29, 1.82) is 0 Å². The van der Waals surface area contributed by atoms with Gasteiger partial charge in [0, 0.05) is 11.6 Å². The highest BCUT2D eigenvalue weighted by atomic mass is 16.6. The van der Waals surface area contributed by atoms with Crippen molar-refractivity contribution in [3.63, 3.8) is 0 Å². The van der Waals surface area contributed by atoms with Crippen LogP contribution in [0, 0.1) is 20.2 Å². The molecule has 2 amide bonds. The van der Waals surface area contributed by atoms with Gasteiger partial charge in [0.05, 0.1) is 48.5 Å². The van der Waals surface area contributed by atoms with Gasteiger partial charge < -0.3 is 19.9 Å². The van der Waals surface area contributed by atoms with Crippen LogP contribution in [-0.2, 0) is 4.79 Å². The minimum absolute atomic E-state index is 0.202. The highest BCUT2D eigenvalue weighted by molar-refractivity contribution is 5.97. The number of amides is 2. The Hall–Kier alpha value is -4.75. The predicted molar refractivity (Wildman–Crippen MR) is 109 cm³/mol. The Bertz CT molecular complexity index is 1100. The van der Waals surface area contributed by atoms with Gasteiger partial charge in [-0.3, -0.25) is 29.8 Å². The van der Waals surface area contributed by atoms with E-state index >= 15 is 0 Å². The average molecular weight is 447 g/mol. The molecule has 168 valence electrons. The Morgan fingerprint density at radius 1 is 1.09 bits per heavy atom. The highest BCUT2D eigenvalue weighted by Crippen LogP contribution is 2.33. The first kappa shape index (κ1) is 23.5. The number of nitrogens with one attached hydrogen (secondary N) is 2. The van der Waals surface area contributed by atoms with Gasteiger partial charge in [-0.25, -0.2) is 5.43 Å². The molecular formula is C18H17N5O9. The molecule has 0 heterocycles. The Morgan fingerprint density at radius 3 is 2.38 bits per heavy atom. The van der Waals surface area contributed by atoms with Crippen molar-refractivity contribution in [1.82, 2.24) is 10.7 Å². The first-order chi connectivity index (χ1) is 15.2. The number of hydrogen-bond donors (Lipinski definition) is 3. The molecule has 0 aliphatic rings. The topological polar surface area (TPSA) is 196 Å². The number of carbonyl (C=O) groups excluding carboxylic acids is 2. The molecule has 0 fully saturated rings. The number of nitrogens with zero attached hydrogens (tertiary/aromatic N) is 3. The number of rotatable bonds is 9. The van der Waals surface area contributed by atoms with Gasteiger partial charge in [0.1, 0.15) is 0 Å². The number of hydrazone groups is 1. The van der Waals surface area contributed by atoms with Gasteiger partial charge in [-0.05, 0) is 18.2 Å². The maximum Gasteiger partial charge on any atom is 0.318 e. The van der Waals surface area contributed by atoms with Crippen molar-refractivity contribution in [2.75, 3.05) is 20.8 Å². The lowest BCUT2D eigenvalue weighted by Crippen LogP contribution is -2.34. The van der Waals surface area contributed by atoms with Crippen LogP contribution in [0.25, 0.3) is 0 Å². The minimum atomic E-state index is -0.998. The zero-order chi connectivity index (χ0) is 23.8. The minimum Gasteiger partial charge on any atom is -0.502 e. The standard InChI is InChI=1S/C18H17N5O9/c1-31-14-4-3-10(6-15(14)32-2)18(26)19-9-16(24)21-20-8-11-5-12(22(27)28)7-13(17(11)25)23(29)30/h3-8,25H,9H2,1-2H3,(H,19,26)(H,21,24). The highest BCUT2D eigenvalue weighted by Gasteiger charge is 2.23. The van der Waals surface area contributed by atoms with E-state index in [1.165, 1.54) is 32.4 Å². The number of methoxy groups -OCH3 is 2. The number of carbonyl (C=O) groups is 2. The van der Waals surface area contributed by atoms with Crippen LogP contribution in [0.4, 0.5) is 11.4 Å². The Labute approximate surface area is 179 Å². The van der Waals surface area contributed by atoms with E-state index in [1.54, 1.807) is 0 Å². The number of phenolic OH excluding ortho intramolecular Hbond substituents is 1. The van der Waals surface area contributed by atoms with Gasteiger partial charge in [-0.15, -0.1) is 0 Å². The van der Waals surface area contributed by atoms with Crippen LogP contribution in [0.2, 0.25) is 0 Å². The third kappa shape index (κ3) is 5.65. The Balaban J connectivity index is 2.02. The molecule has 0 aromatic heterocycles. The summed E-state index contributed by atoms with van der Waals surface area (Å²) in [7, 11) is 2.84. The van der Waals surface area contributed by atoms with Crippen molar-refractivity contribution in [3.05, 3.63) is 61.7 Å². The van der Waals surface area contributed by atoms with Gasteiger partial charge in [0.15, 0.2) is 11.5 Å². The van der Waals surface area contributed by atoms with E-state index in [-0.39, 0.29) is 11.1 Å². The monoisotopic (exact) mass is 447 g/mol. The van der Waals surface area contributed by atoms with E-state index in [9.17, 15) is 34.9 Å². The lowest BCUT2D eigenvalue weighted by atomic mass is 10.1. The number of ether oxygens (including phenoxy) is 2. The fraction of sp³-hybridized carbons (Fsp3) is 0.167. The van der Waals surface area contributed by atoms with E-state index in [0.29, 0.717) is 17.6 Å². The second-order valence-corrected chi connectivity index (χ2v) is 5.96. The van der Waals surface area contributed by atoms with Gasteiger partial charge in [-0.2, -0.15) is 5.10 Å². The quantitative estimate of drug-likeness (QED) is 0.286. The zero-order valence-corrected chi connectivity index (χ0v) is 16.7. The predicted octanol–water partition coefficient (Wildman–Crippen LogP) is 1.11. The maximum absolute atomic E-state index is 12.2. The molecule has 0 atom stereocenters. The number of non-ortho nitro benzene ring substituents is 1. The van der Waals surface area contributed by atoms with Crippen LogP contribution in [0.15, 0.2) is 35.4 Å². The van der Waals surface area contributed by atoms with Gasteiger partial charge in [0.2, 0.25) is 5.75 Å². The molecular weight excluding hydrogens is 430 g/mol. The summed E-state index contributed by atoms with van der Waals surface area (Å²) in [5.74, 6) is -1.48. The molecule has 14 nitrogen and oxygen atoms in total. The van der Waals surface area contributed by atoms with Crippen molar-refractivity contribution >= 4 is 29.4 Å². The molecule has 2 aromatic carbocycles. The van der Waals surface area contributed by atoms with E-state index in [2.05, 4.69) is 10.4 Å². The normalized spacial score (nSPS) is 10.4. The van der Waals surface area contributed by atoms with Crippen LogP contribution in [0.3, 0.4) is 0 Å². The van der Waals surface area contributed by atoms with Crippen LogP contribution >= 0.6 is 0 Å². The second-order valence-electron chi connectivity index (χ2n) is 5.96. The molecule has 0 radical (unpaired) electrons. The third-order valence-electron chi connectivity index (χ3n) is 3.96. The number of benzene rings is 2. The van der Waals surface area contributed by atoms with Crippen LogP contribution in [0.5, 0.6) is 17.2 Å². The third-order valence-corrected chi connectivity index (χ3v) is 3.96. The summed E-state index contributed by atoms with van der Waals surface area (Å²) in [6.07, 6.45) is 0.795. The fourth-order valence-corrected chi connectivity index (χ4v) is 2.42. The summed E-state index contributed by atoms with van der Waals surface area (Å²) in [6.45, 7) is -0.481. The number of nitro groups is 2. The number of nitro benzene ring substituents is 2. The van der Waals surface area contributed by atoms with Crippen molar-refractivity contribution in [2.45, 2.75) is 0 Å². The van der Waals surface area contributed by atoms with E-state index in [0.717, 1.165) is 12.3 Å². The van der Waals surface area contributed by atoms with Gasteiger partial charge in [0.25, 0.3) is 17.5 Å². The summed E-state index contributed by atoms with van der Waals surface area (Å²) in [5, 5.41) is 37.5. The van der Waals surface area contributed by atoms with Crippen LogP contribution < -0.4 is 20.2 Å². The molecule has 2 rings (SSSR count). The lowest BCUT2D eigenvalue weighted by Gasteiger charge is -2.09. The molecule has 32 heavy (non-hydrogen) atoms. The number of phenols is 1. The number of aromatic hydroxyl groups is 1. The summed E-state index contributed by atoms with van der Waals surface area (Å²) in [4.78, 5) is 44.0. The second kappa shape index (κ2) is 10.3. The van der Waals surface area contributed by atoms with Crippen molar-refractivity contribution in [2.24, 2.45) is 5.10 Å². The first-order valence-corrected chi connectivity index (χ1v) is 8.65. The molecule has 0 aliphatic carbocycles. The van der Waals surface area contributed by atoms with Gasteiger partial charge in [-0.1, -0.05) is 0 Å². The largest absolute Gasteiger partial charge is 0.502 e. The molecule has 0 spiro atoms. The van der Waals surface area contributed by atoms with Crippen LogP contribution in [-0.4, -0.2) is 53.7 Å². The summed E-state index contributed by atoms with van der Waals surface area (Å²) in [6, 6.07) is 5.83. The molecule has 3 N–H and O–H groups in total. The molecule has 0 unspecified atom stereocenters. The van der Waals surface area contributed by atoms with Crippen molar-refractivity contribution < 1.29 is 34.0 Å². The molecule has 0 aliphatic heterocycles. The molecule has 0 saturated heterocycles. The molecule has 2 aromatic rings. The van der Waals surface area contributed by atoms with Gasteiger partial charge >= 0.3 is 5.69 Å². The van der Waals surface area contributed by atoms with E-state index < -0.39 is 45.3 Å². The van der Waals surface area contributed by atoms with E-state index in [1.807, 2.05) is 5.43 Å². The van der Waals surface area contributed by atoms with Crippen molar-refractivity contribution in [3.8, 4) is 17.2 Å². The average Bonchev–Trinajstić information content (AvgIpc) is 2.77. The summed E-state index contributed by atoms with van der Waals surface area (Å²) < 4.78 is 10.2. The summed E-state index contributed by atoms with van der Waals surface area (Å²) >= 11 is 0. The molecule has 0 bridgehead atoms. The molecule has 0 saturated carbocycles. The van der Waals surface area contributed by atoms with E-state index in [4.69, 9.17) is 9.47 Å².